The number of hydrogen-bond acceptors (Lipinski definition) is 2. The monoisotopic (exact) mass is 274 g/mol. The molecule has 0 saturated carbocycles. The number of ketones is 1. The molecule has 1 aromatic rings. The van der Waals surface area contributed by atoms with Gasteiger partial charge in [-0.15, -0.1) is 11.6 Å². The van der Waals surface area contributed by atoms with Crippen molar-refractivity contribution in [2.24, 2.45) is 0 Å². The molecule has 74 valence electrons. The highest BCUT2D eigenvalue weighted by molar-refractivity contribution is 9.10. The molecule has 2 nitrogen and oxygen atoms in total. The fourth-order valence-corrected chi connectivity index (χ4v) is 1.74. The molecule has 1 aromatic carbocycles. The van der Waals surface area contributed by atoms with Crippen LogP contribution in [0.2, 0.25) is 0 Å². The van der Waals surface area contributed by atoms with E-state index in [1.807, 2.05) is 0 Å². The van der Waals surface area contributed by atoms with E-state index in [0.29, 0.717) is 11.1 Å². The third-order valence-corrected chi connectivity index (χ3v) is 2.75. The van der Waals surface area contributed by atoms with Crippen molar-refractivity contribution in [3.63, 3.8) is 0 Å². The molecule has 1 unspecified atom stereocenters. The van der Waals surface area contributed by atoms with Gasteiger partial charge in [0.25, 0.3) is 0 Å². The molecule has 0 spiro atoms. The first-order valence-electron chi connectivity index (χ1n) is 3.95. The minimum absolute atomic E-state index is 0.137. The number of halogens is 2. The molecular weight excluding hydrogens is 267 g/mol. The number of benzene rings is 1. The first-order valence-corrected chi connectivity index (χ1v) is 5.17. The summed E-state index contributed by atoms with van der Waals surface area (Å²) in [5, 5.41) is -0.689. The summed E-state index contributed by atoms with van der Waals surface area (Å²) in [6.45, 7) is 1.42. The summed E-state index contributed by atoms with van der Waals surface area (Å²) >= 11 is 9.10. The second-order valence-corrected chi connectivity index (χ2v) is 4.26. The van der Waals surface area contributed by atoms with Gasteiger partial charge in [0.15, 0.2) is 5.78 Å². The number of carbonyl (C=O) groups excluding carboxylic acids is 2. The molecule has 0 saturated heterocycles. The normalized spacial score (nSPS) is 12.2. The quantitative estimate of drug-likeness (QED) is 0.627. The Kier molecular flexibility index (Phi) is 3.84. The van der Waals surface area contributed by atoms with Crippen molar-refractivity contribution in [1.29, 1.82) is 0 Å². The van der Waals surface area contributed by atoms with E-state index in [-0.39, 0.29) is 5.78 Å². The van der Waals surface area contributed by atoms with E-state index in [4.69, 9.17) is 11.6 Å². The van der Waals surface area contributed by atoms with Crippen LogP contribution in [0.4, 0.5) is 0 Å². The van der Waals surface area contributed by atoms with Crippen molar-refractivity contribution in [3.8, 4) is 0 Å². The van der Waals surface area contributed by atoms with Gasteiger partial charge in [0.2, 0.25) is 0 Å². The minimum atomic E-state index is -0.689. The van der Waals surface area contributed by atoms with Crippen LogP contribution >= 0.6 is 27.5 Å². The van der Waals surface area contributed by atoms with Gasteiger partial charge in [0.1, 0.15) is 11.7 Å². The molecule has 0 N–H and O–H groups in total. The van der Waals surface area contributed by atoms with Crippen molar-refractivity contribution in [2.45, 2.75) is 12.3 Å². The summed E-state index contributed by atoms with van der Waals surface area (Å²) < 4.78 is 0.740. The number of carbonyl (C=O) groups is 2. The third kappa shape index (κ3) is 2.66. The molecule has 1 atom stereocenters. The van der Waals surface area contributed by atoms with Gasteiger partial charge < -0.3 is 0 Å². The van der Waals surface area contributed by atoms with Gasteiger partial charge in [0, 0.05) is 10.0 Å². The van der Waals surface area contributed by atoms with Gasteiger partial charge in [0.05, 0.1) is 0 Å². The van der Waals surface area contributed by atoms with Crippen LogP contribution in [-0.2, 0) is 4.79 Å². The lowest BCUT2D eigenvalue weighted by molar-refractivity contribution is -0.116. The van der Waals surface area contributed by atoms with Gasteiger partial charge >= 0.3 is 0 Å². The second kappa shape index (κ2) is 4.71. The number of hydrogen-bond donors (Lipinski definition) is 0. The van der Waals surface area contributed by atoms with Crippen LogP contribution < -0.4 is 0 Å². The number of aldehydes is 1. The topological polar surface area (TPSA) is 34.1 Å². The number of Topliss-reactive ketones (excluding diaryl/α,β-unsaturated/α-hetero) is 1. The highest BCUT2D eigenvalue weighted by Gasteiger charge is 2.14. The maximum atomic E-state index is 11.0. The fraction of sp³-hybridized carbons (Fsp3) is 0.200. The minimum Gasteiger partial charge on any atom is -0.298 e. The molecule has 0 heterocycles. The van der Waals surface area contributed by atoms with Crippen molar-refractivity contribution in [3.05, 3.63) is 33.8 Å². The fourth-order valence-electron chi connectivity index (χ4n) is 1.08. The number of alkyl halides is 1. The molecule has 0 aliphatic heterocycles. The van der Waals surface area contributed by atoms with Crippen LogP contribution in [0.1, 0.15) is 28.2 Å². The molecule has 14 heavy (non-hydrogen) atoms. The van der Waals surface area contributed by atoms with Crippen LogP contribution in [-0.4, -0.2) is 12.1 Å². The van der Waals surface area contributed by atoms with Gasteiger partial charge in [-0.2, -0.15) is 0 Å². The van der Waals surface area contributed by atoms with E-state index in [0.717, 1.165) is 10.8 Å². The molecule has 1 rings (SSSR count). The van der Waals surface area contributed by atoms with Crippen molar-refractivity contribution in [2.75, 3.05) is 0 Å². The lowest BCUT2D eigenvalue weighted by atomic mass is 10.1. The van der Waals surface area contributed by atoms with Crippen LogP contribution in [0.5, 0.6) is 0 Å². The Bertz CT molecular complexity index is 376. The van der Waals surface area contributed by atoms with E-state index < -0.39 is 5.38 Å². The van der Waals surface area contributed by atoms with Gasteiger partial charge in [-0.25, -0.2) is 0 Å². The van der Waals surface area contributed by atoms with Gasteiger partial charge in [-0.1, -0.05) is 15.9 Å². The lowest BCUT2D eigenvalue weighted by Gasteiger charge is -2.07. The lowest BCUT2D eigenvalue weighted by Crippen LogP contribution is -2.02. The highest BCUT2D eigenvalue weighted by atomic mass is 79.9. The van der Waals surface area contributed by atoms with E-state index in [1.165, 1.54) is 6.92 Å². The summed E-state index contributed by atoms with van der Waals surface area (Å²) in [5.41, 5.74) is 1.14. The maximum Gasteiger partial charge on any atom is 0.152 e. The van der Waals surface area contributed by atoms with Crippen molar-refractivity contribution >= 4 is 39.6 Å². The molecule has 4 heteroatoms. The smallest absolute Gasteiger partial charge is 0.152 e. The van der Waals surface area contributed by atoms with E-state index in [2.05, 4.69) is 15.9 Å². The Labute approximate surface area is 95.4 Å². The van der Waals surface area contributed by atoms with Crippen LogP contribution in [0.25, 0.3) is 0 Å². The summed E-state index contributed by atoms with van der Waals surface area (Å²) in [7, 11) is 0. The van der Waals surface area contributed by atoms with Crippen LogP contribution in [0.3, 0.4) is 0 Å². The standard InChI is InChI=1S/C10H8BrClO2/c1-6(14)10(12)8-2-7(5-13)3-9(11)4-8/h2-5,10H,1H3. The zero-order valence-electron chi connectivity index (χ0n) is 7.46. The predicted octanol–water partition coefficient (Wildman–Crippen LogP) is 3.13. The molecule has 0 fully saturated rings. The maximum absolute atomic E-state index is 11.0. The Morgan fingerprint density at radius 2 is 2.14 bits per heavy atom. The van der Waals surface area contributed by atoms with Gasteiger partial charge in [-0.3, -0.25) is 9.59 Å². The Morgan fingerprint density at radius 1 is 1.50 bits per heavy atom. The first-order chi connectivity index (χ1) is 6.54. The Morgan fingerprint density at radius 3 is 2.64 bits per heavy atom. The van der Waals surface area contributed by atoms with Crippen LogP contribution in [0, 0.1) is 0 Å². The average Bonchev–Trinajstić information content (AvgIpc) is 2.15. The highest BCUT2D eigenvalue weighted by Crippen LogP contribution is 2.25. The summed E-state index contributed by atoms with van der Waals surface area (Å²) in [4.78, 5) is 21.6. The molecular formula is C10H8BrClO2. The Balaban J connectivity index is 3.14. The molecule has 0 radical (unpaired) electrons. The molecule has 0 amide bonds. The molecule has 0 aromatic heterocycles. The van der Waals surface area contributed by atoms with E-state index >= 15 is 0 Å². The molecule has 0 aliphatic carbocycles. The zero-order chi connectivity index (χ0) is 10.7. The van der Waals surface area contributed by atoms with E-state index in [9.17, 15) is 9.59 Å². The first kappa shape index (κ1) is 11.4. The molecule has 0 aliphatic rings. The van der Waals surface area contributed by atoms with Gasteiger partial charge in [-0.05, 0) is 30.7 Å². The largest absolute Gasteiger partial charge is 0.298 e. The summed E-state index contributed by atoms with van der Waals surface area (Å²) in [6, 6.07) is 5.00. The van der Waals surface area contributed by atoms with E-state index in [1.54, 1.807) is 18.2 Å². The average molecular weight is 276 g/mol. The number of rotatable bonds is 3. The zero-order valence-corrected chi connectivity index (χ0v) is 9.80. The predicted molar refractivity (Wildman–Crippen MR) is 58.8 cm³/mol. The SMILES string of the molecule is CC(=O)C(Cl)c1cc(Br)cc(C=O)c1. The molecule has 0 bridgehead atoms. The summed E-state index contributed by atoms with van der Waals surface area (Å²) in [5.74, 6) is -0.137. The second-order valence-electron chi connectivity index (χ2n) is 2.91. The van der Waals surface area contributed by atoms with Crippen molar-refractivity contribution < 1.29 is 9.59 Å². The van der Waals surface area contributed by atoms with Crippen LogP contribution in [0.15, 0.2) is 22.7 Å². The van der Waals surface area contributed by atoms with Crippen molar-refractivity contribution in [1.82, 2.24) is 0 Å². The summed E-state index contributed by atoms with van der Waals surface area (Å²) in [6.07, 6.45) is 0.720. The third-order valence-electron chi connectivity index (χ3n) is 1.73. The Hall–Kier alpha value is -0.670.